The fourth-order valence-electron chi connectivity index (χ4n) is 3.04. The summed E-state index contributed by atoms with van der Waals surface area (Å²) in [7, 11) is 0. The maximum atomic E-state index is 11.1. The molecule has 0 aromatic carbocycles. The van der Waals surface area contributed by atoms with Gasteiger partial charge in [-0.15, -0.1) is 0 Å². The monoisotopic (exact) mass is 224 g/mol. The second-order valence-corrected chi connectivity index (χ2v) is 4.94. The molecule has 0 spiro atoms. The zero-order valence-corrected chi connectivity index (χ0v) is 10.7. The number of carboxylic acid groups (broad SMARTS) is 1. The molecule has 0 radical (unpaired) electrons. The molecule has 3 atom stereocenters. The highest BCUT2D eigenvalue weighted by Crippen LogP contribution is 2.40. The van der Waals surface area contributed by atoms with Crippen LogP contribution in [0.1, 0.15) is 52.9 Å². The van der Waals surface area contributed by atoms with E-state index in [0.717, 1.165) is 6.42 Å². The molecular formula is C14H24O2. The van der Waals surface area contributed by atoms with Crippen LogP contribution in [0.25, 0.3) is 0 Å². The molecule has 1 rings (SSSR count). The Bertz CT molecular complexity index is 266. The maximum absolute atomic E-state index is 11.1. The fraction of sp³-hybridized carbons (Fsp3) is 0.786. The number of aliphatic carboxylic acids is 1. The lowest BCUT2D eigenvalue weighted by Crippen LogP contribution is -2.28. The molecule has 0 aromatic rings. The van der Waals surface area contributed by atoms with Gasteiger partial charge in [0.1, 0.15) is 0 Å². The molecule has 1 aliphatic carbocycles. The van der Waals surface area contributed by atoms with Crippen molar-refractivity contribution in [3.05, 3.63) is 11.6 Å². The van der Waals surface area contributed by atoms with E-state index in [1.807, 2.05) is 6.92 Å². The van der Waals surface area contributed by atoms with Crippen LogP contribution in [0.5, 0.6) is 0 Å². The molecule has 0 amide bonds. The van der Waals surface area contributed by atoms with E-state index in [9.17, 15) is 4.79 Å². The highest BCUT2D eigenvalue weighted by Gasteiger charge is 2.32. The largest absolute Gasteiger partial charge is 0.481 e. The third kappa shape index (κ3) is 2.87. The Labute approximate surface area is 98.7 Å². The van der Waals surface area contributed by atoms with Crippen molar-refractivity contribution in [2.75, 3.05) is 0 Å². The van der Waals surface area contributed by atoms with E-state index in [1.54, 1.807) is 0 Å². The van der Waals surface area contributed by atoms with E-state index in [4.69, 9.17) is 5.11 Å². The zero-order chi connectivity index (χ0) is 12.1. The van der Waals surface area contributed by atoms with Gasteiger partial charge < -0.3 is 5.11 Å². The summed E-state index contributed by atoms with van der Waals surface area (Å²) in [5.41, 5.74) is 1.41. The number of carboxylic acids is 1. The molecule has 0 aliphatic heterocycles. The molecule has 1 N–H and O–H groups in total. The Morgan fingerprint density at radius 1 is 1.56 bits per heavy atom. The lowest BCUT2D eigenvalue weighted by Gasteiger charge is -2.34. The van der Waals surface area contributed by atoms with Crippen LogP contribution in [0.3, 0.4) is 0 Å². The molecule has 0 bridgehead atoms. The van der Waals surface area contributed by atoms with Crippen molar-refractivity contribution in [1.82, 2.24) is 0 Å². The van der Waals surface area contributed by atoms with Crippen molar-refractivity contribution in [3.8, 4) is 0 Å². The Morgan fingerprint density at radius 2 is 2.25 bits per heavy atom. The summed E-state index contributed by atoms with van der Waals surface area (Å²) >= 11 is 0. The molecule has 1 saturated carbocycles. The average molecular weight is 224 g/mol. The number of hydrogen-bond acceptors (Lipinski definition) is 1. The van der Waals surface area contributed by atoms with Gasteiger partial charge in [-0.2, -0.15) is 0 Å². The molecule has 92 valence electrons. The molecule has 16 heavy (non-hydrogen) atoms. The predicted octanol–water partition coefficient (Wildman–Crippen LogP) is 3.87. The minimum absolute atomic E-state index is 0.231. The number of hydrogen-bond donors (Lipinski definition) is 1. The van der Waals surface area contributed by atoms with Gasteiger partial charge in [0.25, 0.3) is 0 Å². The normalized spacial score (nSPS) is 30.3. The third-order valence-corrected chi connectivity index (χ3v) is 3.93. The lowest BCUT2D eigenvalue weighted by molar-refractivity contribution is -0.142. The number of allylic oxidation sites excluding steroid dienone is 2. The van der Waals surface area contributed by atoms with E-state index < -0.39 is 5.97 Å². The van der Waals surface area contributed by atoms with E-state index >= 15 is 0 Å². The maximum Gasteiger partial charge on any atom is 0.306 e. The summed E-state index contributed by atoms with van der Waals surface area (Å²) in [6, 6.07) is 0. The molecular weight excluding hydrogens is 200 g/mol. The van der Waals surface area contributed by atoms with Crippen LogP contribution in [-0.4, -0.2) is 11.1 Å². The summed E-state index contributed by atoms with van der Waals surface area (Å²) in [4.78, 5) is 11.1. The summed E-state index contributed by atoms with van der Waals surface area (Å²) in [6.45, 7) is 6.12. The van der Waals surface area contributed by atoms with Crippen LogP contribution in [-0.2, 0) is 4.79 Å². The van der Waals surface area contributed by atoms with Gasteiger partial charge in [-0.05, 0) is 38.0 Å². The summed E-state index contributed by atoms with van der Waals surface area (Å²) in [6.07, 6.45) is 8.05. The van der Waals surface area contributed by atoms with Crippen LogP contribution in [0.15, 0.2) is 11.6 Å². The van der Waals surface area contributed by atoms with Gasteiger partial charge in [-0.3, -0.25) is 4.79 Å². The topological polar surface area (TPSA) is 37.3 Å². The van der Waals surface area contributed by atoms with E-state index in [-0.39, 0.29) is 11.8 Å². The van der Waals surface area contributed by atoms with Gasteiger partial charge in [-0.1, -0.05) is 38.3 Å². The molecule has 1 aliphatic rings. The second kappa shape index (κ2) is 6.07. The smallest absolute Gasteiger partial charge is 0.306 e. The van der Waals surface area contributed by atoms with Gasteiger partial charge in [0, 0.05) is 0 Å². The zero-order valence-electron chi connectivity index (χ0n) is 10.7. The highest BCUT2D eigenvalue weighted by atomic mass is 16.4. The van der Waals surface area contributed by atoms with Gasteiger partial charge in [0.2, 0.25) is 0 Å². The number of carbonyl (C=O) groups is 1. The van der Waals surface area contributed by atoms with Crippen molar-refractivity contribution in [2.24, 2.45) is 17.8 Å². The Hall–Kier alpha value is -0.790. The summed E-state index contributed by atoms with van der Waals surface area (Å²) in [5.74, 6) is 0.0238. The third-order valence-electron chi connectivity index (χ3n) is 3.93. The van der Waals surface area contributed by atoms with Crippen molar-refractivity contribution < 1.29 is 9.90 Å². The van der Waals surface area contributed by atoms with Gasteiger partial charge in [0.15, 0.2) is 0 Å². The molecule has 3 unspecified atom stereocenters. The quantitative estimate of drug-likeness (QED) is 0.736. The standard InChI is InChI=1S/C14H24O2/c1-4-7-11-8-6-9-13(12(11)5-2)10(3)14(15)16/h5,10-11,13H,4,6-9H2,1-3H3,(H,15,16)/b12-5+. The summed E-state index contributed by atoms with van der Waals surface area (Å²) in [5, 5.41) is 9.14. The van der Waals surface area contributed by atoms with Gasteiger partial charge in [-0.25, -0.2) is 0 Å². The van der Waals surface area contributed by atoms with Crippen LogP contribution >= 0.6 is 0 Å². The van der Waals surface area contributed by atoms with E-state index in [0.29, 0.717) is 5.92 Å². The van der Waals surface area contributed by atoms with Gasteiger partial charge in [0.05, 0.1) is 5.92 Å². The fourth-order valence-corrected chi connectivity index (χ4v) is 3.04. The second-order valence-electron chi connectivity index (χ2n) is 4.94. The Balaban J connectivity index is 2.80. The van der Waals surface area contributed by atoms with Crippen molar-refractivity contribution in [2.45, 2.75) is 52.9 Å². The molecule has 2 heteroatoms. The van der Waals surface area contributed by atoms with E-state index in [1.165, 1.54) is 31.3 Å². The van der Waals surface area contributed by atoms with Crippen molar-refractivity contribution in [3.63, 3.8) is 0 Å². The van der Waals surface area contributed by atoms with Crippen LogP contribution in [0.4, 0.5) is 0 Å². The minimum Gasteiger partial charge on any atom is -0.481 e. The van der Waals surface area contributed by atoms with Crippen molar-refractivity contribution >= 4 is 5.97 Å². The van der Waals surface area contributed by atoms with E-state index in [2.05, 4.69) is 19.9 Å². The molecule has 2 nitrogen and oxygen atoms in total. The van der Waals surface area contributed by atoms with Crippen LogP contribution < -0.4 is 0 Å². The summed E-state index contributed by atoms with van der Waals surface area (Å²) < 4.78 is 0. The lowest BCUT2D eigenvalue weighted by atomic mass is 9.70. The average Bonchev–Trinajstić information content (AvgIpc) is 2.28. The molecule has 0 aromatic heterocycles. The first-order chi connectivity index (χ1) is 7.61. The molecule has 1 fully saturated rings. The Morgan fingerprint density at radius 3 is 2.75 bits per heavy atom. The minimum atomic E-state index is -0.651. The predicted molar refractivity (Wildman–Crippen MR) is 66.3 cm³/mol. The Kier molecular flexibility index (Phi) is 5.04. The van der Waals surface area contributed by atoms with Crippen LogP contribution in [0.2, 0.25) is 0 Å². The SMILES string of the molecule is C/C=C1\C(CCC)CCCC1C(C)C(=O)O. The van der Waals surface area contributed by atoms with Gasteiger partial charge >= 0.3 is 5.97 Å². The highest BCUT2D eigenvalue weighted by molar-refractivity contribution is 5.70. The molecule has 0 saturated heterocycles. The van der Waals surface area contributed by atoms with Crippen molar-refractivity contribution in [1.29, 1.82) is 0 Å². The first-order valence-corrected chi connectivity index (χ1v) is 6.50. The first kappa shape index (κ1) is 13.3. The van der Waals surface area contributed by atoms with Crippen LogP contribution in [0, 0.1) is 17.8 Å². The molecule has 0 heterocycles. The first-order valence-electron chi connectivity index (χ1n) is 6.50. The number of rotatable bonds is 4.